The van der Waals surface area contributed by atoms with Crippen LogP contribution in [0.1, 0.15) is 55.3 Å². The molecule has 0 saturated carbocycles. The zero-order chi connectivity index (χ0) is 24.5. The highest BCUT2D eigenvalue weighted by molar-refractivity contribution is 7.90. The molecule has 2 heterocycles. The van der Waals surface area contributed by atoms with Crippen LogP contribution >= 0.6 is 22.9 Å². The van der Waals surface area contributed by atoms with Gasteiger partial charge in [-0.05, 0) is 49.3 Å². The smallest absolute Gasteiger partial charge is 0.276 e. The normalized spacial score (nSPS) is 13.3. The first kappa shape index (κ1) is 24.3. The number of aromatic nitrogens is 2. The molecule has 2 amide bonds. The fourth-order valence-corrected chi connectivity index (χ4v) is 6.65. The van der Waals surface area contributed by atoms with Crippen molar-refractivity contribution in [1.82, 2.24) is 15.3 Å². The fourth-order valence-electron chi connectivity index (χ4n) is 3.88. The second-order valence-electron chi connectivity index (χ2n) is 7.98. The first-order chi connectivity index (χ1) is 16.2. The van der Waals surface area contributed by atoms with Gasteiger partial charge in [-0.1, -0.05) is 35.9 Å². The number of amides is 2. The van der Waals surface area contributed by atoms with Gasteiger partial charge in [-0.25, -0.2) is 18.4 Å². The lowest BCUT2D eigenvalue weighted by molar-refractivity contribution is 0.0963. The summed E-state index contributed by atoms with van der Waals surface area (Å²) in [6.45, 7) is 1.82. The van der Waals surface area contributed by atoms with Crippen molar-refractivity contribution in [2.75, 3.05) is 12.4 Å². The van der Waals surface area contributed by atoms with Gasteiger partial charge in [-0.3, -0.25) is 9.59 Å². The molecule has 0 saturated heterocycles. The molecule has 1 aliphatic rings. The quantitative estimate of drug-likeness (QED) is 0.477. The molecule has 1 aromatic carbocycles. The Morgan fingerprint density at radius 2 is 1.88 bits per heavy atom. The maximum absolute atomic E-state index is 13.1. The third kappa shape index (κ3) is 4.84. The average Bonchev–Trinajstić information content (AvgIpc) is 3.17. The van der Waals surface area contributed by atoms with Gasteiger partial charge in [0, 0.05) is 11.9 Å². The summed E-state index contributed by atoms with van der Waals surface area (Å²) < 4.78 is 25.9. The summed E-state index contributed by atoms with van der Waals surface area (Å²) in [5, 5.41) is 5.18. The number of nitrogens with one attached hydrogen (secondary N) is 2. The number of aryl methyl sites for hydroxylation is 2. The highest BCUT2D eigenvalue weighted by atomic mass is 35.5. The highest BCUT2D eigenvalue weighted by Gasteiger charge is 2.28. The minimum Gasteiger partial charge on any atom is -0.355 e. The molecule has 0 spiro atoms. The van der Waals surface area contributed by atoms with E-state index >= 15 is 0 Å². The van der Waals surface area contributed by atoms with Gasteiger partial charge in [-0.2, -0.15) is 0 Å². The van der Waals surface area contributed by atoms with Crippen LogP contribution in [0.3, 0.4) is 0 Å². The van der Waals surface area contributed by atoms with E-state index in [-0.39, 0.29) is 22.4 Å². The summed E-state index contributed by atoms with van der Waals surface area (Å²) in [6.07, 6.45) is 4.71. The SMILES string of the molecule is CNC(=O)c1c(NC(=O)c2nc(S(=O)(=O)Cc3ccccc3C)ncc2Cl)sc2c1CCCC2. The molecule has 0 fully saturated rings. The number of carbonyl (C=O) groups is 2. The maximum atomic E-state index is 13.1. The molecule has 4 rings (SSSR count). The van der Waals surface area contributed by atoms with Gasteiger partial charge >= 0.3 is 0 Å². The van der Waals surface area contributed by atoms with Crippen LogP contribution < -0.4 is 10.6 Å². The van der Waals surface area contributed by atoms with Crippen molar-refractivity contribution in [2.45, 2.75) is 43.5 Å². The Labute approximate surface area is 206 Å². The topological polar surface area (TPSA) is 118 Å². The molecule has 0 aliphatic heterocycles. The largest absolute Gasteiger partial charge is 0.355 e. The lowest BCUT2D eigenvalue weighted by atomic mass is 9.95. The van der Waals surface area contributed by atoms with Gasteiger partial charge in [-0.15, -0.1) is 11.3 Å². The number of nitrogens with zero attached hydrogens (tertiary/aromatic N) is 2. The predicted octanol–water partition coefficient (Wildman–Crippen LogP) is 3.96. The first-order valence-electron chi connectivity index (χ1n) is 10.7. The third-order valence-corrected chi connectivity index (χ3v) is 8.60. The number of thiophene rings is 1. The zero-order valence-electron chi connectivity index (χ0n) is 18.6. The van der Waals surface area contributed by atoms with E-state index in [2.05, 4.69) is 20.6 Å². The molecule has 0 radical (unpaired) electrons. The number of sulfone groups is 1. The molecule has 34 heavy (non-hydrogen) atoms. The van der Waals surface area contributed by atoms with E-state index < -0.39 is 20.9 Å². The standard InChI is InChI=1S/C23H23ClN4O4S2/c1-13-7-3-4-8-14(13)12-34(31,32)23-26-11-16(24)19(27-23)21(30)28-22-18(20(29)25-2)15-9-5-6-10-17(15)33-22/h3-4,7-8,11H,5-6,9-10,12H2,1-2H3,(H,25,29)(H,28,30). The molecule has 0 unspecified atom stereocenters. The van der Waals surface area contributed by atoms with E-state index in [4.69, 9.17) is 11.6 Å². The van der Waals surface area contributed by atoms with E-state index in [0.717, 1.165) is 47.9 Å². The molecule has 1 aliphatic carbocycles. The Bertz CT molecular complexity index is 1390. The van der Waals surface area contributed by atoms with Gasteiger partial charge in [0.25, 0.3) is 11.8 Å². The van der Waals surface area contributed by atoms with Crippen molar-refractivity contribution in [1.29, 1.82) is 0 Å². The van der Waals surface area contributed by atoms with Gasteiger partial charge in [0.15, 0.2) is 5.69 Å². The average molecular weight is 519 g/mol. The van der Waals surface area contributed by atoms with E-state index in [1.807, 2.05) is 19.1 Å². The van der Waals surface area contributed by atoms with Crippen molar-refractivity contribution >= 4 is 49.6 Å². The summed E-state index contributed by atoms with van der Waals surface area (Å²) >= 11 is 7.52. The Kier molecular flexibility index (Phi) is 7.01. The van der Waals surface area contributed by atoms with Crippen molar-refractivity contribution in [2.24, 2.45) is 0 Å². The third-order valence-electron chi connectivity index (χ3n) is 5.67. The van der Waals surface area contributed by atoms with Crippen LogP contribution in [0.15, 0.2) is 35.6 Å². The van der Waals surface area contributed by atoms with Crippen LogP contribution in [0.2, 0.25) is 5.02 Å². The second-order valence-corrected chi connectivity index (χ2v) is 11.4. The van der Waals surface area contributed by atoms with E-state index in [9.17, 15) is 18.0 Å². The molecular weight excluding hydrogens is 496 g/mol. The molecule has 2 aromatic heterocycles. The van der Waals surface area contributed by atoms with E-state index in [0.29, 0.717) is 16.1 Å². The van der Waals surface area contributed by atoms with Gasteiger partial charge in [0.05, 0.1) is 22.5 Å². The van der Waals surface area contributed by atoms with Crippen LogP contribution in [-0.4, -0.2) is 37.2 Å². The number of halogens is 1. The minimum absolute atomic E-state index is 0.0878. The fraction of sp³-hybridized carbons (Fsp3) is 0.304. The minimum atomic E-state index is -3.93. The highest BCUT2D eigenvalue weighted by Crippen LogP contribution is 2.38. The molecule has 11 heteroatoms. The van der Waals surface area contributed by atoms with Crippen LogP contribution in [0.5, 0.6) is 0 Å². The van der Waals surface area contributed by atoms with Crippen molar-refractivity contribution in [3.8, 4) is 0 Å². The molecule has 0 bridgehead atoms. The van der Waals surface area contributed by atoms with Crippen molar-refractivity contribution < 1.29 is 18.0 Å². The Hall–Kier alpha value is -2.82. The number of rotatable bonds is 6. The summed E-state index contributed by atoms with van der Waals surface area (Å²) in [7, 11) is -2.40. The maximum Gasteiger partial charge on any atom is 0.276 e. The van der Waals surface area contributed by atoms with Crippen LogP contribution in [-0.2, 0) is 28.4 Å². The van der Waals surface area contributed by atoms with Gasteiger partial charge in [0.1, 0.15) is 5.00 Å². The molecule has 0 atom stereocenters. The molecule has 2 N–H and O–H groups in total. The number of anilines is 1. The summed E-state index contributed by atoms with van der Waals surface area (Å²) in [6, 6.07) is 7.11. The van der Waals surface area contributed by atoms with E-state index in [1.165, 1.54) is 18.4 Å². The van der Waals surface area contributed by atoms with Crippen molar-refractivity contribution in [3.05, 3.63) is 68.3 Å². The number of hydrogen-bond donors (Lipinski definition) is 2. The van der Waals surface area contributed by atoms with Crippen LogP contribution in [0, 0.1) is 6.92 Å². The van der Waals surface area contributed by atoms with Gasteiger partial charge < -0.3 is 10.6 Å². The Balaban J connectivity index is 1.65. The first-order valence-corrected chi connectivity index (χ1v) is 13.5. The molecular formula is C23H23ClN4O4S2. The van der Waals surface area contributed by atoms with E-state index in [1.54, 1.807) is 12.1 Å². The predicted molar refractivity (Wildman–Crippen MR) is 131 cm³/mol. The monoisotopic (exact) mass is 518 g/mol. The van der Waals surface area contributed by atoms with Crippen LogP contribution in [0.25, 0.3) is 0 Å². The molecule has 178 valence electrons. The molecule has 8 nitrogen and oxygen atoms in total. The van der Waals surface area contributed by atoms with Crippen LogP contribution in [0.4, 0.5) is 5.00 Å². The Morgan fingerprint density at radius 3 is 2.62 bits per heavy atom. The summed E-state index contributed by atoms with van der Waals surface area (Å²) in [4.78, 5) is 34.6. The lowest BCUT2D eigenvalue weighted by Crippen LogP contribution is -2.23. The second kappa shape index (κ2) is 9.81. The number of hydrogen-bond acceptors (Lipinski definition) is 7. The molecule has 3 aromatic rings. The van der Waals surface area contributed by atoms with Crippen molar-refractivity contribution in [3.63, 3.8) is 0 Å². The lowest BCUT2D eigenvalue weighted by Gasteiger charge is -2.12. The van der Waals surface area contributed by atoms with Gasteiger partial charge in [0.2, 0.25) is 15.0 Å². The number of fused-ring (bicyclic) bond motifs is 1. The Morgan fingerprint density at radius 1 is 1.15 bits per heavy atom. The number of carbonyl (C=O) groups excluding carboxylic acids is 2. The summed E-state index contributed by atoms with van der Waals surface area (Å²) in [5.41, 5.74) is 2.55. The summed E-state index contributed by atoms with van der Waals surface area (Å²) in [5.74, 6) is -1.30. The zero-order valence-corrected chi connectivity index (χ0v) is 21.0. The number of benzene rings is 1.